The predicted octanol–water partition coefficient (Wildman–Crippen LogP) is -0.504. The third-order valence-electron chi connectivity index (χ3n) is 2.99. The molecule has 2 atom stereocenters. The topological polar surface area (TPSA) is 103 Å². The molecule has 0 spiro atoms. The van der Waals surface area contributed by atoms with Crippen LogP contribution in [-0.4, -0.2) is 40.7 Å². The van der Waals surface area contributed by atoms with Crippen LogP contribution in [0.25, 0.3) is 0 Å². The molecule has 0 aromatic carbocycles. The third kappa shape index (κ3) is 3.76. The molecule has 18 heavy (non-hydrogen) atoms. The lowest BCUT2D eigenvalue weighted by Crippen LogP contribution is -2.47. The second-order valence-electron chi connectivity index (χ2n) is 4.41. The predicted molar refractivity (Wildman–Crippen MR) is 69.4 cm³/mol. The molecule has 1 rings (SSSR count). The summed E-state index contributed by atoms with van der Waals surface area (Å²) in [6, 6.07) is -0.375. The molecule has 1 aromatic heterocycles. The molecule has 0 aliphatic heterocycles. The second-order valence-corrected chi connectivity index (χ2v) is 6.81. The number of hydrazine groups is 1. The van der Waals surface area contributed by atoms with Crippen molar-refractivity contribution in [2.24, 2.45) is 5.84 Å². The van der Waals surface area contributed by atoms with Gasteiger partial charge in [-0.3, -0.25) is 16.0 Å². The van der Waals surface area contributed by atoms with E-state index in [0.717, 1.165) is 18.8 Å². The number of nitrogens with two attached hydrogens (primary N) is 1. The molecule has 104 valence electrons. The zero-order valence-corrected chi connectivity index (χ0v) is 11.8. The van der Waals surface area contributed by atoms with E-state index in [9.17, 15) is 8.42 Å². The third-order valence-corrected chi connectivity index (χ3v) is 4.67. The number of aryl methyl sites for hydroxylation is 1. The molecule has 0 saturated carbocycles. The normalized spacial score (nSPS) is 15.6. The zero-order chi connectivity index (χ0) is 13.8. The Balaban J connectivity index is 2.83. The number of hydrogen-bond acceptors (Lipinski definition) is 6. The highest BCUT2D eigenvalue weighted by molar-refractivity contribution is 7.91. The summed E-state index contributed by atoms with van der Waals surface area (Å²) < 4.78 is 24.8. The zero-order valence-electron chi connectivity index (χ0n) is 11.0. The maximum Gasteiger partial charge on any atom is 0.151 e. The average molecular weight is 275 g/mol. The van der Waals surface area contributed by atoms with Crippen LogP contribution < -0.4 is 11.3 Å². The largest absolute Gasteiger partial charge is 0.271 e. The van der Waals surface area contributed by atoms with Crippen molar-refractivity contribution in [1.82, 2.24) is 20.2 Å². The van der Waals surface area contributed by atoms with E-state index in [1.807, 2.05) is 6.92 Å². The van der Waals surface area contributed by atoms with Crippen LogP contribution in [0.15, 0.2) is 6.33 Å². The van der Waals surface area contributed by atoms with Gasteiger partial charge in [0.1, 0.15) is 12.2 Å². The second kappa shape index (κ2) is 6.26. The number of nitrogens with zero attached hydrogens (tertiary/aromatic N) is 3. The highest BCUT2D eigenvalue weighted by atomic mass is 32.2. The van der Waals surface area contributed by atoms with E-state index in [2.05, 4.69) is 15.5 Å². The molecule has 0 fully saturated rings. The number of rotatable bonds is 7. The standard InChI is InChI=1S/C10H21N5O2S/c1-4-5-15-10(12-7-13-15)6-9(14-11)8(2)18(3,16)17/h7-9,14H,4-6,11H2,1-3H3. The van der Waals surface area contributed by atoms with Gasteiger partial charge < -0.3 is 0 Å². The Morgan fingerprint density at radius 1 is 1.56 bits per heavy atom. The Labute approximate surface area is 108 Å². The van der Waals surface area contributed by atoms with Crippen LogP contribution in [0.4, 0.5) is 0 Å². The molecule has 7 nitrogen and oxygen atoms in total. The highest BCUT2D eigenvalue weighted by Crippen LogP contribution is 2.09. The van der Waals surface area contributed by atoms with Crippen LogP contribution in [-0.2, 0) is 22.8 Å². The fourth-order valence-corrected chi connectivity index (χ4v) is 2.47. The number of nitrogens with one attached hydrogen (secondary N) is 1. The van der Waals surface area contributed by atoms with Gasteiger partial charge in [0.2, 0.25) is 0 Å². The van der Waals surface area contributed by atoms with Crippen LogP contribution in [0.1, 0.15) is 26.1 Å². The van der Waals surface area contributed by atoms with E-state index in [1.54, 1.807) is 11.6 Å². The van der Waals surface area contributed by atoms with E-state index in [1.165, 1.54) is 12.6 Å². The van der Waals surface area contributed by atoms with E-state index in [0.29, 0.717) is 6.42 Å². The smallest absolute Gasteiger partial charge is 0.151 e. The lowest BCUT2D eigenvalue weighted by molar-refractivity contribution is 0.466. The lowest BCUT2D eigenvalue weighted by Gasteiger charge is -2.21. The van der Waals surface area contributed by atoms with Crippen LogP contribution >= 0.6 is 0 Å². The summed E-state index contributed by atoms with van der Waals surface area (Å²) in [6.45, 7) is 4.45. The number of hydrogen-bond donors (Lipinski definition) is 2. The first-order valence-corrected chi connectivity index (χ1v) is 7.87. The van der Waals surface area contributed by atoms with Crippen LogP contribution in [0, 0.1) is 0 Å². The maximum absolute atomic E-state index is 11.5. The van der Waals surface area contributed by atoms with Crippen molar-refractivity contribution in [3.63, 3.8) is 0 Å². The molecular weight excluding hydrogens is 254 g/mol. The molecule has 0 bridgehead atoms. The number of aromatic nitrogens is 3. The molecule has 1 aromatic rings. The molecule has 0 amide bonds. The molecule has 0 aliphatic carbocycles. The van der Waals surface area contributed by atoms with Gasteiger partial charge in [-0.1, -0.05) is 6.92 Å². The SMILES string of the molecule is CCCn1ncnc1CC(NN)C(C)S(C)(=O)=O. The molecule has 0 saturated heterocycles. The summed E-state index contributed by atoms with van der Waals surface area (Å²) in [4.78, 5) is 4.15. The Bertz CT molecular complexity index is 470. The van der Waals surface area contributed by atoms with Gasteiger partial charge in [0.15, 0.2) is 9.84 Å². The first kappa shape index (κ1) is 15.1. The van der Waals surface area contributed by atoms with Crippen molar-refractivity contribution in [3.05, 3.63) is 12.2 Å². The van der Waals surface area contributed by atoms with Gasteiger partial charge >= 0.3 is 0 Å². The van der Waals surface area contributed by atoms with Gasteiger partial charge in [0.25, 0.3) is 0 Å². The van der Waals surface area contributed by atoms with E-state index < -0.39 is 15.1 Å². The van der Waals surface area contributed by atoms with Crippen molar-refractivity contribution < 1.29 is 8.42 Å². The minimum absolute atomic E-state index is 0.375. The van der Waals surface area contributed by atoms with Gasteiger partial charge in [0.05, 0.1) is 5.25 Å². The van der Waals surface area contributed by atoms with Gasteiger partial charge in [0, 0.05) is 25.3 Å². The fraction of sp³-hybridized carbons (Fsp3) is 0.800. The first-order valence-electron chi connectivity index (χ1n) is 5.91. The minimum atomic E-state index is -3.14. The monoisotopic (exact) mass is 275 g/mol. The summed E-state index contributed by atoms with van der Waals surface area (Å²) >= 11 is 0. The minimum Gasteiger partial charge on any atom is -0.271 e. The van der Waals surface area contributed by atoms with Crippen LogP contribution in [0.2, 0.25) is 0 Å². The summed E-state index contributed by atoms with van der Waals surface area (Å²) in [7, 11) is -3.14. The van der Waals surface area contributed by atoms with Gasteiger partial charge in [-0.15, -0.1) is 0 Å². The summed E-state index contributed by atoms with van der Waals surface area (Å²) in [5.41, 5.74) is 2.56. The highest BCUT2D eigenvalue weighted by Gasteiger charge is 2.26. The number of sulfone groups is 1. The molecular formula is C10H21N5O2S. The summed E-state index contributed by atoms with van der Waals surface area (Å²) in [6.07, 6.45) is 4.06. The van der Waals surface area contributed by atoms with Crippen LogP contribution in [0.3, 0.4) is 0 Å². The summed E-state index contributed by atoms with van der Waals surface area (Å²) in [5, 5.41) is 3.53. The van der Waals surface area contributed by atoms with Gasteiger partial charge in [-0.25, -0.2) is 13.4 Å². The molecule has 2 unspecified atom stereocenters. The van der Waals surface area contributed by atoms with Crippen molar-refractivity contribution in [2.45, 2.75) is 44.5 Å². The Hall–Kier alpha value is -0.990. The van der Waals surface area contributed by atoms with Crippen LogP contribution in [0.5, 0.6) is 0 Å². The molecule has 3 N–H and O–H groups in total. The molecule has 0 radical (unpaired) electrons. The first-order chi connectivity index (χ1) is 8.40. The molecule has 8 heteroatoms. The molecule has 0 aliphatic rings. The summed E-state index contributed by atoms with van der Waals surface area (Å²) in [5.74, 6) is 6.18. The maximum atomic E-state index is 11.5. The average Bonchev–Trinajstić information content (AvgIpc) is 2.72. The van der Waals surface area contributed by atoms with Crippen molar-refractivity contribution >= 4 is 9.84 Å². The van der Waals surface area contributed by atoms with E-state index in [-0.39, 0.29) is 6.04 Å². The Morgan fingerprint density at radius 3 is 2.72 bits per heavy atom. The van der Waals surface area contributed by atoms with Crippen molar-refractivity contribution in [3.8, 4) is 0 Å². The van der Waals surface area contributed by atoms with Crippen molar-refractivity contribution in [2.75, 3.05) is 6.26 Å². The quantitative estimate of drug-likeness (QED) is 0.513. The van der Waals surface area contributed by atoms with Gasteiger partial charge in [-0.2, -0.15) is 5.10 Å². The van der Waals surface area contributed by atoms with E-state index in [4.69, 9.17) is 5.84 Å². The molecule has 1 heterocycles. The van der Waals surface area contributed by atoms with Crippen molar-refractivity contribution in [1.29, 1.82) is 0 Å². The van der Waals surface area contributed by atoms with Gasteiger partial charge in [-0.05, 0) is 13.3 Å². The lowest BCUT2D eigenvalue weighted by atomic mass is 10.1. The Morgan fingerprint density at radius 2 is 2.22 bits per heavy atom. The fourth-order valence-electron chi connectivity index (χ4n) is 1.70. The Kier molecular flexibility index (Phi) is 5.24. The van der Waals surface area contributed by atoms with E-state index >= 15 is 0 Å².